The summed E-state index contributed by atoms with van der Waals surface area (Å²) in [5.41, 5.74) is 1.41. The van der Waals surface area contributed by atoms with Crippen molar-refractivity contribution < 1.29 is 10.1 Å². The predicted molar refractivity (Wildman–Crippen MR) is 66.0 cm³/mol. The molecule has 2 aromatic rings. The van der Waals surface area contributed by atoms with E-state index in [0.717, 1.165) is 5.56 Å². The zero-order chi connectivity index (χ0) is 13.0. The first kappa shape index (κ1) is 11.8. The van der Waals surface area contributed by atoms with Crippen LogP contribution in [0.2, 0.25) is 0 Å². The lowest BCUT2D eigenvalue weighted by Gasteiger charge is -2.03. The Kier molecular flexibility index (Phi) is 3.38. The maximum Gasteiger partial charge on any atom is 0.323 e. The van der Waals surface area contributed by atoms with Gasteiger partial charge in [0.05, 0.1) is 0 Å². The number of hydrogen-bond acceptors (Lipinski definition) is 4. The molecule has 0 fully saturated rings. The third-order valence-electron chi connectivity index (χ3n) is 2.55. The van der Waals surface area contributed by atoms with Gasteiger partial charge >= 0.3 is 5.82 Å². The molecule has 0 spiro atoms. The fourth-order valence-electron chi connectivity index (χ4n) is 1.74. The zero-order valence-corrected chi connectivity index (χ0v) is 9.43. The summed E-state index contributed by atoms with van der Waals surface area (Å²) in [6.07, 6.45) is 1.18. The fraction of sp³-hybridized carbons (Fsp3) is 0.0833. The van der Waals surface area contributed by atoms with Gasteiger partial charge in [0, 0.05) is 6.07 Å². The van der Waals surface area contributed by atoms with E-state index in [1.165, 1.54) is 16.8 Å². The van der Waals surface area contributed by atoms with Gasteiger partial charge in [0.15, 0.2) is 0 Å². The van der Waals surface area contributed by atoms with E-state index in [4.69, 9.17) is 5.21 Å². The van der Waals surface area contributed by atoms with Crippen molar-refractivity contribution in [3.05, 3.63) is 63.8 Å². The second-order valence-electron chi connectivity index (χ2n) is 3.69. The molecule has 6 heteroatoms. The lowest BCUT2D eigenvalue weighted by atomic mass is 10.2. The van der Waals surface area contributed by atoms with Crippen molar-refractivity contribution in [2.24, 2.45) is 5.16 Å². The number of benzene rings is 1. The minimum absolute atomic E-state index is 0.0336. The van der Waals surface area contributed by atoms with Crippen molar-refractivity contribution in [1.82, 2.24) is 4.57 Å². The molecule has 0 unspecified atom stereocenters. The number of aromatic nitrogens is 1. The Morgan fingerprint density at radius 1 is 1.28 bits per heavy atom. The van der Waals surface area contributed by atoms with E-state index in [1.54, 1.807) is 6.07 Å². The van der Waals surface area contributed by atoms with Crippen LogP contribution >= 0.6 is 0 Å². The van der Waals surface area contributed by atoms with Gasteiger partial charge < -0.3 is 15.3 Å². The van der Waals surface area contributed by atoms with Crippen LogP contribution in [0.4, 0.5) is 5.82 Å². The second kappa shape index (κ2) is 5.13. The van der Waals surface area contributed by atoms with E-state index < -0.39 is 4.92 Å². The summed E-state index contributed by atoms with van der Waals surface area (Å²) in [5.74, 6) is -0.0336. The number of nitro groups is 1. The smallest absolute Gasteiger partial charge is 0.323 e. The van der Waals surface area contributed by atoms with Gasteiger partial charge in [0.2, 0.25) is 0 Å². The molecule has 1 heterocycles. The maximum absolute atomic E-state index is 10.9. The Morgan fingerprint density at radius 3 is 2.61 bits per heavy atom. The maximum atomic E-state index is 10.9. The van der Waals surface area contributed by atoms with Crippen molar-refractivity contribution in [3.8, 4) is 0 Å². The molecule has 0 saturated carbocycles. The van der Waals surface area contributed by atoms with Gasteiger partial charge in [-0.2, -0.15) is 0 Å². The van der Waals surface area contributed by atoms with Crippen LogP contribution < -0.4 is 0 Å². The summed E-state index contributed by atoms with van der Waals surface area (Å²) >= 11 is 0. The van der Waals surface area contributed by atoms with E-state index in [2.05, 4.69) is 5.16 Å². The zero-order valence-electron chi connectivity index (χ0n) is 9.43. The molecule has 0 atom stereocenters. The van der Waals surface area contributed by atoms with Crippen LogP contribution in [-0.2, 0) is 6.54 Å². The topological polar surface area (TPSA) is 80.7 Å². The standard InChI is InChI=1S/C12H11N3O3/c16-13-8-11-6-7-12(15(17)18)14(11)9-10-4-2-1-3-5-10/h1-8,16H,9H2. The van der Waals surface area contributed by atoms with E-state index in [0.29, 0.717) is 12.2 Å². The highest BCUT2D eigenvalue weighted by atomic mass is 16.6. The van der Waals surface area contributed by atoms with Gasteiger partial charge in [-0.05, 0) is 16.6 Å². The fourth-order valence-corrected chi connectivity index (χ4v) is 1.74. The molecule has 1 aromatic carbocycles. The molecule has 0 bridgehead atoms. The molecule has 1 aromatic heterocycles. The SMILES string of the molecule is O=[N+]([O-])c1ccc(C=NO)n1Cc1ccccc1. The quantitative estimate of drug-likeness (QED) is 0.388. The highest BCUT2D eigenvalue weighted by molar-refractivity contribution is 5.78. The number of hydrogen-bond donors (Lipinski definition) is 1. The first-order chi connectivity index (χ1) is 8.72. The van der Waals surface area contributed by atoms with Crippen LogP contribution in [0.5, 0.6) is 0 Å². The van der Waals surface area contributed by atoms with Crippen molar-refractivity contribution >= 4 is 12.0 Å². The summed E-state index contributed by atoms with van der Waals surface area (Å²) in [7, 11) is 0. The Morgan fingerprint density at radius 2 is 2.00 bits per heavy atom. The lowest BCUT2D eigenvalue weighted by molar-refractivity contribution is -0.391. The van der Waals surface area contributed by atoms with Gasteiger partial charge in [-0.15, -0.1) is 0 Å². The van der Waals surface area contributed by atoms with Gasteiger partial charge in [0.1, 0.15) is 18.5 Å². The summed E-state index contributed by atoms with van der Waals surface area (Å²) < 4.78 is 1.48. The molecular weight excluding hydrogens is 234 g/mol. The molecular formula is C12H11N3O3. The molecule has 0 amide bonds. The van der Waals surface area contributed by atoms with E-state index in [9.17, 15) is 10.1 Å². The van der Waals surface area contributed by atoms with E-state index in [-0.39, 0.29) is 5.82 Å². The van der Waals surface area contributed by atoms with E-state index >= 15 is 0 Å². The summed E-state index contributed by atoms with van der Waals surface area (Å²) in [6, 6.07) is 12.3. The normalized spacial score (nSPS) is 10.9. The van der Waals surface area contributed by atoms with Gasteiger partial charge in [-0.25, -0.2) is 4.57 Å². The van der Waals surface area contributed by atoms with E-state index in [1.807, 2.05) is 30.3 Å². The molecule has 2 rings (SSSR count). The average molecular weight is 245 g/mol. The van der Waals surface area contributed by atoms with Crippen LogP contribution in [0.15, 0.2) is 47.6 Å². The second-order valence-corrected chi connectivity index (χ2v) is 3.69. The van der Waals surface area contributed by atoms with Crippen molar-refractivity contribution in [2.75, 3.05) is 0 Å². The number of oxime groups is 1. The minimum atomic E-state index is -0.461. The van der Waals surface area contributed by atoms with Crippen LogP contribution in [0, 0.1) is 10.1 Å². The third kappa shape index (κ3) is 2.37. The molecule has 0 aliphatic rings. The summed E-state index contributed by atoms with van der Waals surface area (Å²) in [4.78, 5) is 10.4. The highest BCUT2D eigenvalue weighted by Gasteiger charge is 2.17. The van der Waals surface area contributed by atoms with Crippen LogP contribution in [0.1, 0.15) is 11.3 Å². The summed E-state index contributed by atoms with van der Waals surface area (Å²) in [6.45, 7) is 0.353. The predicted octanol–water partition coefficient (Wildman–Crippen LogP) is 2.25. The molecule has 0 aliphatic carbocycles. The van der Waals surface area contributed by atoms with Crippen LogP contribution in [0.25, 0.3) is 0 Å². The number of rotatable bonds is 4. The van der Waals surface area contributed by atoms with Gasteiger partial charge in [-0.3, -0.25) is 0 Å². The summed E-state index contributed by atoms with van der Waals surface area (Å²) in [5, 5.41) is 22.4. The third-order valence-corrected chi connectivity index (χ3v) is 2.55. The molecule has 18 heavy (non-hydrogen) atoms. The van der Waals surface area contributed by atoms with Crippen LogP contribution in [0.3, 0.4) is 0 Å². The Bertz CT molecular complexity index is 576. The van der Waals surface area contributed by atoms with Crippen molar-refractivity contribution in [1.29, 1.82) is 0 Å². The van der Waals surface area contributed by atoms with Crippen LogP contribution in [-0.4, -0.2) is 20.9 Å². The van der Waals surface area contributed by atoms with Gasteiger partial charge in [-0.1, -0.05) is 35.5 Å². The van der Waals surface area contributed by atoms with Crippen molar-refractivity contribution in [3.63, 3.8) is 0 Å². The molecule has 6 nitrogen and oxygen atoms in total. The Balaban J connectivity index is 2.41. The molecule has 0 aliphatic heterocycles. The largest absolute Gasteiger partial charge is 0.411 e. The molecule has 1 N–H and O–H groups in total. The monoisotopic (exact) mass is 245 g/mol. The Hall–Kier alpha value is -2.63. The molecule has 92 valence electrons. The molecule has 0 saturated heterocycles. The average Bonchev–Trinajstić information content (AvgIpc) is 2.74. The minimum Gasteiger partial charge on any atom is -0.411 e. The first-order valence-electron chi connectivity index (χ1n) is 5.27. The highest BCUT2D eigenvalue weighted by Crippen LogP contribution is 2.18. The lowest BCUT2D eigenvalue weighted by Crippen LogP contribution is -2.07. The first-order valence-corrected chi connectivity index (χ1v) is 5.27. The molecule has 0 radical (unpaired) electrons. The van der Waals surface area contributed by atoms with Gasteiger partial charge in [0.25, 0.3) is 0 Å². The number of nitrogens with zero attached hydrogens (tertiary/aromatic N) is 3. The Labute approximate surface area is 103 Å². The van der Waals surface area contributed by atoms with Crippen molar-refractivity contribution in [2.45, 2.75) is 6.54 Å².